The van der Waals surface area contributed by atoms with Crippen LogP contribution in [-0.2, 0) is 16.0 Å². The third-order valence-electron chi connectivity index (χ3n) is 4.34. The van der Waals surface area contributed by atoms with Gasteiger partial charge in [0.2, 0.25) is 5.91 Å². The van der Waals surface area contributed by atoms with E-state index in [1.54, 1.807) is 22.7 Å². The summed E-state index contributed by atoms with van der Waals surface area (Å²) in [6.07, 6.45) is 5.70. The monoisotopic (exact) mass is 346 g/mol. The highest BCUT2D eigenvalue weighted by Crippen LogP contribution is 2.34. The second kappa shape index (κ2) is 6.19. The van der Waals surface area contributed by atoms with Crippen LogP contribution >= 0.6 is 22.7 Å². The second-order valence-electron chi connectivity index (χ2n) is 6.09. The fraction of sp³-hybridized carbons (Fsp3) is 0.412. The van der Waals surface area contributed by atoms with Crippen molar-refractivity contribution < 1.29 is 9.53 Å². The van der Waals surface area contributed by atoms with Crippen molar-refractivity contribution in [3.63, 3.8) is 0 Å². The Labute approximate surface area is 143 Å². The van der Waals surface area contributed by atoms with Gasteiger partial charge in [-0.15, -0.1) is 11.3 Å². The molecule has 0 unspecified atom stereocenters. The molecule has 120 valence electrons. The molecule has 4 rings (SSSR count). The van der Waals surface area contributed by atoms with E-state index in [2.05, 4.69) is 33.2 Å². The number of hydrogen-bond donors (Lipinski definition) is 1. The number of aromatic nitrogens is 1. The van der Waals surface area contributed by atoms with Gasteiger partial charge in [0.1, 0.15) is 5.01 Å². The highest BCUT2D eigenvalue weighted by atomic mass is 32.1. The number of hydrogen-bond acceptors (Lipinski definition) is 5. The van der Waals surface area contributed by atoms with E-state index < -0.39 is 0 Å². The number of aryl methyl sites for hydroxylation is 1. The Balaban J connectivity index is 1.51. The van der Waals surface area contributed by atoms with E-state index in [1.165, 1.54) is 5.56 Å². The van der Waals surface area contributed by atoms with Gasteiger partial charge >= 0.3 is 0 Å². The van der Waals surface area contributed by atoms with Gasteiger partial charge < -0.3 is 10.1 Å². The number of carbonyl (C=O) groups is 1. The number of amides is 1. The summed E-state index contributed by atoms with van der Waals surface area (Å²) >= 11 is 3.29. The number of rotatable bonds is 5. The van der Waals surface area contributed by atoms with Gasteiger partial charge in [0.15, 0.2) is 0 Å². The molecule has 2 aromatic heterocycles. The maximum Gasteiger partial charge on any atom is 0.226 e. The molecule has 1 amide bonds. The van der Waals surface area contributed by atoms with Gasteiger partial charge in [0.25, 0.3) is 0 Å². The normalized spacial score (nSPS) is 26.6. The zero-order chi connectivity index (χ0) is 15.8. The van der Waals surface area contributed by atoms with Crippen LogP contribution < -0.4 is 5.32 Å². The summed E-state index contributed by atoms with van der Waals surface area (Å²) in [6.45, 7) is 1.98. The molecule has 23 heavy (non-hydrogen) atoms. The minimum atomic E-state index is -0.0731. The maximum atomic E-state index is 12.7. The number of thiophene rings is 1. The minimum absolute atomic E-state index is 0.0557. The SMILES string of the molecule is Cc1csc([C@@H](Cc2ccsc2)NC(=O)[C@@H]2C[C@@H]3C=C[C@@H]2O3)n1. The Morgan fingerprint density at radius 1 is 1.48 bits per heavy atom. The van der Waals surface area contributed by atoms with Crippen molar-refractivity contribution in [2.75, 3.05) is 0 Å². The van der Waals surface area contributed by atoms with Crippen LogP contribution in [0.15, 0.2) is 34.4 Å². The number of nitrogens with one attached hydrogen (secondary N) is 1. The average Bonchev–Trinajstić information content (AvgIpc) is 3.31. The summed E-state index contributed by atoms with van der Waals surface area (Å²) in [5.41, 5.74) is 2.23. The molecule has 6 heteroatoms. The molecule has 0 aromatic carbocycles. The van der Waals surface area contributed by atoms with Gasteiger partial charge in [0, 0.05) is 17.5 Å². The van der Waals surface area contributed by atoms with Crippen molar-refractivity contribution >= 4 is 28.6 Å². The number of thiazole rings is 1. The van der Waals surface area contributed by atoms with Gasteiger partial charge in [0.05, 0.1) is 24.2 Å². The molecule has 4 nitrogen and oxygen atoms in total. The van der Waals surface area contributed by atoms with Crippen molar-refractivity contribution in [2.24, 2.45) is 5.92 Å². The van der Waals surface area contributed by atoms with Gasteiger partial charge in [-0.3, -0.25) is 4.79 Å². The Kier molecular flexibility index (Phi) is 4.05. The molecule has 2 bridgehead atoms. The molecule has 1 saturated heterocycles. The summed E-state index contributed by atoms with van der Waals surface area (Å²) in [6, 6.07) is 2.03. The van der Waals surface area contributed by atoms with E-state index in [4.69, 9.17) is 4.74 Å². The van der Waals surface area contributed by atoms with E-state index in [0.29, 0.717) is 0 Å². The zero-order valence-electron chi connectivity index (χ0n) is 12.8. The van der Waals surface area contributed by atoms with Gasteiger partial charge in [-0.25, -0.2) is 4.98 Å². The highest BCUT2D eigenvalue weighted by Gasteiger charge is 2.41. The van der Waals surface area contributed by atoms with E-state index in [0.717, 1.165) is 23.5 Å². The number of ether oxygens (including phenoxy) is 1. The Morgan fingerprint density at radius 2 is 2.39 bits per heavy atom. The molecule has 2 aliphatic heterocycles. The van der Waals surface area contributed by atoms with Crippen LogP contribution in [0.25, 0.3) is 0 Å². The van der Waals surface area contributed by atoms with Crippen molar-refractivity contribution in [3.05, 3.63) is 50.6 Å². The molecular weight excluding hydrogens is 328 g/mol. The molecule has 1 fully saturated rings. The average molecular weight is 346 g/mol. The molecule has 0 radical (unpaired) electrons. The molecule has 0 spiro atoms. The summed E-state index contributed by atoms with van der Waals surface area (Å²) in [5, 5.41) is 10.4. The van der Waals surface area contributed by atoms with Crippen molar-refractivity contribution in [1.29, 1.82) is 0 Å². The fourth-order valence-corrected chi connectivity index (χ4v) is 4.71. The molecule has 0 aliphatic carbocycles. The number of nitrogens with zero attached hydrogens (tertiary/aromatic N) is 1. The third-order valence-corrected chi connectivity index (χ3v) is 6.15. The molecular formula is C17H18N2O2S2. The van der Waals surface area contributed by atoms with E-state index in [1.807, 2.05) is 18.4 Å². The minimum Gasteiger partial charge on any atom is -0.366 e. The lowest BCUT2D eigenvalue weighted by Gasteiger charge is -2.21. The first kappa shape index (κ1) is 15.1. The predicted molar refractivity (Wildman–Crippen MR) is 91.7 cm³/mol. The Morgan fingerprint density at radius 3 is 3.00 bits per heavy atom. The van der Waals surface area contributed by atoms with Gasteiger partial charge in [-0.2, -0.15) is 11.3 Å². The topological polar surface area (TPSA) is 51.2 Å². The maximum absolute atomic E-state index is 12.7. The Hall–Kier alpha value is -1.50. The van der Waals surface area contributed by atoms with Crippen LogP contribution in [0, 0.1) is 12.8 Å². The van der Waals surface area contributed by atoms with E-state index >= 15 is 0 Å². The van der Waals surface area contributed by atoms with Crippen LogP contribution in [0.1, 0.15) is 28.7 Å². The molecule has 4 atom stereocenters. The van der Waals surface area contributed by atoms with Gasteiger partial charge in [-0.05, 0) is 35.7 Å². The zero-order valence-corrected chi connectivity index (χ0v) is 14.4. The third kappa shape index (κ3) is 3.11. The van der Waals surface area contributed by atoms with E-state index in [9.17, 15) is 4.79 Å². The molecule has 4 heterocycles. The first-order valence-electron chi connectivity index (χ1n) is 7.76. The summed E-state index contributed by atoms with van der Waals surface area (Å²) in [4.78, 5) is 17.3. The smallest absolute Gasteiger partial charge is 0.226 e. The summed E-state index contributed by atoms with van der Waals surface area (Å²) in [5.74, 6) is 0.00552. The Bertz CT molecular complexity index is 723. The quantitative estimate of drug-likeness (QED) is 0.846. The first-order chi connectivity index (χ1) is 11.2. The molecule has 2 aromatic rings. The van der Waals surface area contributed by atoms with Crippen molar-refractivity contribution in [3.8, 4) is 0 Å². The van der Waals surface area contributed by atoms with Gasteiger partial charge in [-0.1, -0.05) is 12.2 Å². The molecule has 1 N–H and O–H groups in total. The summed E-state index contributed by atoms with van der Waals surface area (Å²) in [7, 11) is 0. The van der Waals surface area contributed by atoms with Crippen LogP contribution in [0.4, 0.5) is 0 Å². The molecule has 2 aliphatic rings. The highest BCUT2D eigenvalue weighted by molar-refractivity contribution is 7.09. The second-order valence-corrected chi connectivity index (χ2v) is 7.76. The molecule has 0 saturated carbocycles. The predicted octanol–water partition coefficient (Wildman–Crippen LogP) is 3.26. The van der Waals surface area contributed by atoms with Crippen molar-refractivity contribution in [2.45, 2.75) is 38.0 Å². The number of carbonyl (C=O) groups excluding carboxylic acids is 1. The van der Waals surface area contributed by atoms with Crippen molar-refractivity contribution in [1.82, 2.24) is 10.3 Å². The lowest BCUT2D eigenvalue weighted by atomic mass is 9.93. The van der Waals surface area contributed by atoms with Crippen LogP contribution in [0.3, 0.4) is 0 Å². The largest absolute Gasteiger partial charge is 0.366 e. The number of fused-ring (bicyclic) bond motifs is 2. The lowest BCUT2D eigenvalue weighted by molar-refractivity contribution is -0.126. The lowest BCUT2D eigenvalue weighted by Crippen LogP contribution is -2.38. The van der Waals surface area contributed by atoms with Crippen LogP contribution in [-0.4, -0.2) is 23.1 Å². The van der Waals surface area contributed by atoms with Crippen LogP contribution in [0.5, 0.6) is 0 Å². The fourth-order valence-electron chi connectivity index (χ4n) is 3.19. The first-order valence-corrected chi connectivity index (χ1v) is 9.58. The van der Waals surface area contributed by atoms with E-state index in [-0.39, 0.29) is 30.1 Å². The summed E-state index contributed by atoms with van der Waals surface area (Å²) < 4.78 is 5.72. The van der Waals surface area contributed by atoms with Crippen LogP contribution in [0.2, 0.25) is 0 Å². The standard InChI is InChI=1S/C17H18N2O2S2/c1-10-8-23-17(18-10)14(6-11-4-5-22-9-11)19-16(20)13-7-12-2-3-15(13)21-12/h2-5,8-9,12-15H,6-7H2,1H3,(H,19,20)/t12-,13+,14+,15-/m0/s1.